The maximum Gasteiger partial charge on any atom is 0.241 e. The Bertz CT molecular complexity index is 433. The van der Waals surface area contributed by atoms with Gasteiger partial charge in [0.25, 0.3) is 0 Å². The van der Waals surface area contributed by atoms with Crippen LogP contribution in [0, 0.1) is 5.92 Å². The van der Waals surface area contributed by atoms with Crippen LogP contribution in [0.15, 0.2) is 16.8 Å². The Morgan fingerprint density at radius 2 is 2.20 bits per heavy atom. The Kier molecular flexibility index (Phi) is 5.18. The summed E-state index contributed by atoms with van der Waals surface area (Å²) >= 11 is 1.66. The maximum absolute atomic E-state index is 12.6. The van der Waals surface area contributed by atoms with Gasteiger partial charge in [-0.2, -0.15) is 11.3 Å². The molecule has 1 aromatic heterocycles. The molecule has 0 aromatic carbocycles. The predicted molar refractivity (Wildman–Crippen MR) is 81.6 cm³/mol. The van der Waals surface area contributed by atoms with Crippen LogP contribution in [-0.2, 0) is 9.53 Å². The molecule has 1 amide bonds. The SMILES string of the molecule is COC(C)CN1C(=O)C(CC(C)C)NC1c1ccsc1. The molecule has 0 spiro atoms. The molecule has 3 atom stereocenters. The molecule has 1 aliphatic rings. The van der Waals surface area contributed by atoms with Gasteiger partial charge in [-0.05, 0) is 41.7 Å². The molecule has 4 nitrogen and oxygen atoms in total. The minimum atomic E-state index is -0.0797. The monoisotopic (exact) mass is 296 g/mol. The number of nitrogens with zero attached hydrogens (tertiary/aromatic N) is 1. The van der Waals surface area contributed by atoms with Crippen molar-refractivity contribution in [1.82, 2.24) is 10.2 Å². The van der Waals surface area contributed by atoms with Crippen molar-refractivity contribution in [3.63, 3.8) is 0 Å². The van der Waals surface area contributed by atoms with Crippen molar-refractivity contribution in [2.75, 3.05) is 13.7 Å². The summed E-state index contributed by atoms with van der Waals surface area (Å²) in [6.07, 6.45) is 0.895. The molecule has 5 heteroatoms. The average Bonchev–Trinajstić information content (AvgIpc) is 3.01. The number of rotatable bonds is 6. The van der Waals surface area contributed by atoms with E-state index in [1.165, 1.54) is 0 Å². The molecule has 2 rings (SSSR count). The molecule has 1 aliphatic heterocycles. The third kappa shape index (κ3) is 3.40. The van der Waals surface area contributed by atoms with Gasteiger partial charge < -0.3 is 9.64 Å². The number of carbonyl (C=O) groups excluding carboxylic acids is 1. The van der Waals surface area contributed by atoms with Crippen LogP contribution in [0.3, 0.4) is 0 Å². The fraction of sp³-hybridized carbons (Fsp3) is 0.667. The van der Waals surface area contributed by atoms with Crippen LogP contribution in [0.1, 0.15) is 38.9 Å². The molecule has 2 heterocycles. The van der Waals surface area contributed by atoms with Crippen molar-refractivity contribution in [3.05, 3.63) is 22.4 Å². The Labute approximate surface area is 125 Å². The highest BCUT2D eigenvalue weighted by molar-refractivity contribution is 7.07. The van der Waals surface area contributed by atoms with Gasteiger partial charge in [0.15, 0.2) is 0 Å². The quantitative estimate of drug-likeness (QED) is 0.877. The van der Waals surface area contributed by atoms with E-state index in [1.807, 2.05) is 11.8 Å². The molecular weight excluding hydrogens is 272 g/mol. The number of hydrogen-bond donors (Lipinski definition) is 1. The summed E-state index contributed by atoms with van der Waals surface area (Å²) in [7, 11) is 1.68. The molecule has 0 radical (unpaired) electrons. The van der Waals surface area contributed by atoms with Gasteiger partial charge in [0, 0.05) is 13.7 Å². The average molecular weight is 296 g/mol. The van der Waals surface area contributed by atoms with Crippen molar-refractivity contribution in [2.45, 2.75) is 45.5 Å². The number of nitrogens with one attached hydrogen (secondary N) is 1. The van der Waals surface area contributed by atoms with Gasteiger partial charge >= 0.3 is 0 Å². The van der Waals surface area contributed by atoms with Crippen LogP contribution < -0.4 is 5.32 Å². The molecule has 1 fully saturated rings. The first kappa shape index (κ1) is 15.5. The normalized spacial score (nSPS) is 24.6. The largest absolute Gasteiger partial charge is 0.380 e. The van der Waals surface area contributed by atoms with Gasteiger partial charge in [0.1, 0.15) is 6.17 Å². The summed E-state index contributed by atoms with van der Waals surface area (Å²) in [5, 5.41) is 7.64. The number of ether oxygens (including phenoxy) is 1. The number of methoxy groups -OCH3 is 1. The molecule has 0 bridgehead atoms. The van der Waals surface area contributed by atoms with E-state index >= 15 is 0 Å². The molecule has 1 aromatic rings. The summed E-state index contributed by atoms with van der Waals surface area (Å²) in [6, 6.07) is 2.00. The second kappa shape index (κ2) is 6.70. The van der Waals surface area contributed by atoms with Crippen molar-refractivity contribution >= 4 is 17.2 Å². The van der Waals surface area contributed by atoms with Gasteiger partial charge in [-0.3, -0.25) is 10.1 Å². The van der Waals surface area contributed by atoms with Crippen molar-refractivity contribution in [3.8, 4) is 0 Å². The van der Waals surface area contributed by atoms with E-state index in [2.05, 4.69) is 36.0 Å². The lowest BCUT2D eigenvalue weighted by atomic mass is 10.0. The highest BCUT2D eigenvalue weighted by Crippen LogP contribution is 2.29. The van der Waals surface area contributed by atoms with Crippen LogP contribution in [0.4, 0.5) is 0 Å². The fourth-order valence-electron chi connectivity index (χ4n) is 2.57. The van der Waals surface area contributed by atoms with Crippen molar-refractivity contribution in [1.29, 1.82) is 0 Å². The number of hydrogen-bond acceptors (Lipinski definition) is 4. The minimum absolute atomic E-state index is 0.0184. The van der Waals surface area contributed by atoms with Gasteiger partial charge in [0.2, 0.25) is 5.91 Å². The summed E-state index contributed by atoms with van der Waals surface area (Å²) in [6.45, 7) is 6.91. The zero-order valence-electron chi connectivity index (χ0n) is 12.6. The van der Waals surface area contributed by atoms with Crippen molar-refractivity contribution in [2.24, 2.45) is 5.92 Å². The van der Waals surface area contributed by atoms with E-state index in [1.54, 1.807) is 18.4 Å². The van der Waals surface area contributed by atoms with Gasteiger partial charge in [-0.1, -0.05) is 13.8 Å². The van der Waals surface area contributed by atoms with E-state index in [0.29, 0.717) is 12.5 Å². The second-order valence-electron chi connectivity index (χ2n) is 5.84. The second-order valence-corrected chi connectivity index (χ2v) is 6.62. The first-order chi connectivity index (χ1) is 9.52. The first-order valence-corrected chi connectivity index (χ1v) is 8.08. The van der Waals surface area contributed by atoms with E-state index in [0.717, 1.165) is 12.0 Å². The Morgan fingerprint density at radius 3 is 2.75 bits per heavy atom. The molecule has 0 saturated carbocycles. The van der Waals surface area contributed by atoms with Crippen LogP contribution in [0.5, 0.6) is 0 Å². The smallest absolute Gasteiger partial charge is 0.241 e. The Morgan fingerprint density at radius 1 is 1.45 bits per heavy atom. The summed E-state index contributed by atoms with van der Waals surface area (Å²) in [5.41, 5.74) is 1.16. The van der Waals surface area contributed by atoms with Crippen LogP contribution >= 0.6 is 11.3 Å². The van der Waals surface area contributed by atoms with Crippen molar-refractivity contribution < 1.29 is 9.53 Å². The highest BCUT2D eigenvalue weighted by Gasteiger charge is 2.40. The molecule has 3 unspecified atom stereocenters. The van der Waals surface area contributed by atoms with Gasteiger partial charge in [-0.25, -0.2) is 0 Å². The molecule has 1 N–H and O–H groups in total. The summed E-state index contributed by atoms with van der Waals surface area (Å²) in [5.74, 6) is 0.693. The van der Waals surface area contributed by atoms with Gasteiger partial charge in [-0.15, -0.1) is 0 Å². The lowest BCUT2D eigenvalue weighted by molar-refractivity contribution is -0.131. The van der Waals surface area contributed by atoms with E-state index < -0.39 is 0 Å². The summed E-state index contributed by atoms with van der Waals surface area (Å²) < 4.78 is 5.32. The fourth-order valence-corrected chi connectivity index (χ4v) is 3.25. The van der Waals surface area contributed by atoms with E-state index in [9.17, 15) is 4.79 Å². The van der Waals surface area contributed by atoms with Crippen LogP contribution in [0.25, 0.3) is 0 Å². The van der Waals surface area contributed by atoms with Gasteiger partial charge in [0.05, 0.1) is 12.1 Å². The van der Waals surface area contributed by atoms with Crippen LogP contribution in [-0.4, -0.2) is 36.6 Å². The standard InChI is InChI=1S/C15H24N2O2S/c1-10(2)7-13-15(18)17(8-11(3)19-4)14(16-13)12-5-6-20-9-12/h5-6,9-11,13-14,16H,7-8H2,1-4H3. The Hall–Kier alpha value is -0.910. The summed E-state index contributed by atoms with van der Waals surface area (Å²) in [4.78, 5) is 14.5. The maximum atomic E-state index is 12.6. The molecular formula is C15H24N2O2S. The molecule has 0 aliphatic carbocycles. The van der Waals surface area contributed by atoms with E-state index in [-0.39, 0.29) is 24.2 Å². The van der Waals surface area contributed by atoms with Crippen LogP contribution in [0.2, 0.25) is 0 Å². The lowest BCUT2D eigenvalue weighted by Gasteiger charge is -2.26. The molecule has 112 valence electrons. The number of thiophene rings is 1. The highest BCUT2D eigenvalue weighted by atomic mass is 32.1. The number of amides is 1. The predicted octanol–water partition coefficient (Wildman–Crippen LogP) is 2.63. The third-order valence-electron chi connectivity index (χ3n) is 3.67. The molecule has 1 saturated heterocycles. The number of carbonyl (C=O) groups is 1. The lowest BCUT2D eigenvalue weighted by Crippen LogP contribution is -2.37. The van der Waals surface area contributed by atoms with E-state index in [4.69, 9.17) is 4.74 Å². The minimum Gasteiger partial charge on any atom is -0.380 e. The topological polar surface area (TPSA) is 41.6 Å². The molecule has 20 heavy (non-hydrogen) atoms. The first-order valence-electron chi connectivity index (χ1n) is 7.14. The third-order valence-corrected chi connectivity index (χ3v) is 4.38. The zero-order chi connectivity index (χ0) is 14.7. The Balaban J connectivity index is 2.16. The zero-order valence-corrected chi connectivity index (χ0v) is 13.4.